The van der Waals surface area contributed by atoms with Crippen molar-refractivity contribution >= 4 is 16.8 Å². The lowest BCUT2D eigenvalue weighted by Crippen LogP contribution is -2.32. The minimum atomic E-state index is -0.247. The molecule has 3 nitrogen and oxygen atoms in total. The summed E-state index contributed by atoms with van der Waals surface area (Å²) in [5, 5.41) is 1.10. The van der Waals surface area contributed by atoms with E-state index in [1.165, 1.54) is 12.1 Å². The number of fused-ring (bicyclic) bond motifs is 1. The molecule has 27 heavy (non-hydrogen) atoms. The molecule has 0 saturated carbocycles. The van der Waals surface area contributed by atoms with Crippen LogP contribution in [0, 0.1) is 19.7 Å². The number of rotatable bonds is 3. The first kappa shape index (κ1) is 17.7. The Hall–Kier alpha value is -2.75. The highest BCUT2D eigenvalue weighted by Gasteiger charge is 2.30. The lowest BCUT2D eigenvalue weighted by molar-refractivity contribution is -0.131. The number of carbonyl (C=O) groups excluding carboxylic acids is 1. The first-order valence-corrected chi connectivity index (χ1v) is 9.44. The summed E-state index contributed by atoms with van der Waals surface area (Å²) in [7, 11) is 0. The predicted molar refractivity (Wildman–Crippen MR) is 105 cm³/mol. The highest BCUT2D eigenvalue weighted by molar-refractivity contribution is 5.86. The molecule has 0 bridgehead atoms. The SMILES string of the molecule is Cc1nc2ccccc2c(C)c1CC(=O)N1CCCC1c1ccc(F)cc1. The second-order valence-electron chi connectivity index (χ2n) is 7.29. The molecule has 0 spiro atoms. The molecular weight excluding hydrogens is 339 g/mol. The summed E-state index contributed by atoms with van der Waals surface area (Å²) < 4.78 is 13.2. The molecule has 1 aliphatic rings. The van der Waals surface area contributed by atoms with Gasteiger partial charge in [-0.1, -0.05) is 30.3 Å². The molecule has 1 aromatic heterocycles. The van der Waals surface area contributed by atoms with E-state index < -0.39 is 0 Å². The largest absolute Gasteiger partial charge is 0.335 e. The minimum absolute atomic E-state index is 0.0344. The molecule has 4 rings (SSSR count). The van der Waals surface area contributed by atoms with E-state index in [1.54, 1.807) is 12.1 Å². The topological polar surface area (TPSA) is 33.2 Å². The maximum atomic E-state index is 13.2. The predicted octanol–water partition coefficient (Wildman–Crippen LogP) is 4.90. The average Bonchev–Trinajstić information content (AvgIpc) is 3.15. The van der Waals surface area contributed by atoms with Crippen LogP contribution in [0.2, 0.25) is 0 Å². The molecule has 0 radical (unpaired) electrons. The molecule has 2 heterocycles. The minimum Gasteiger partial charge on any atom is -0.335 e. The second-order valence-corrected chi connectivity index (χ2v) is 7.29. The van der Waals surface area contributed by atoms with Gasteiger partial charge in [0.2, 0.25) is 5.91 Å². The number of halogens is 1. The zero-order chi connectivity index (χ0) is 19.0. The van der Waals surface area contributed by atoms with Crippen LogP contribution in [0.3, 0.4) is 0 Å². The van der Waals surface area contributed by atoms with Gasteiger partial charge in [0.05, 0.1) is 18.0 Å². The summed E-state index contributed by atoms with van der Waals surface area (Å²) in [6.07, 6.45) is 2.25. The Kier molecular flexibility index (Phi) is 4.65. The van der Waals surface area contributed by atoms with Crippen molar-refractivity contribution in [2.75, 3.05) is 6.54 Å². The zero-order valence-electron chi connectivity index (χ0n) is 15.7. The van der Waals surface area contributed by atoms with Crippen LogP contribution in [0.25, 0.3) is 10.9 Å². The lowest BCUT2D eigenvalue weighted by Gasteiger charge is -2.26. The van der Waals surface area contributed by atoms with Crippen LogP contribution in [-0.4, -0.2) is 22.3 Å². The molecule has 2 aromatic carbocycles. The van der Waals surface area contributed by atoms with E-state index in [1.807, 2.05) is 30.0 Å². The zero-order valence-corrected chi connectivity index (χ0v) is 15.7. The van der Waals surface area contributed by atoms with E-state index >= 15 is 0 Å². The van der Waals surface area contributed by atoms with Crippen LogP contribution in [0.5, 0.6) is 0 Å². The van der Waals surface area contributed by atoms with Gasteiger partial charge in [0.25, 0.3) is 0 Å². The van der Waals surface area contributed by atoms with Crippen LogP contribution >= 0.6 is 0 Å². The number of benzene rings is 2. The third-order valence-electron chi connectivity index (χ3n) is 5.64. The van der Waals surface area contributed by atoms with Gasteiger partial charge in [0.15, 0.2) is 0 Å². The number of aromatic nitrogens is 1. The first-order valence-electron chi connectivity index (χ1n) is 9.44. The van der Waals surface area contributed by atoms with Crippen molar-refractivity contribution < 1.29 is 9.18 Å². The van der Waals surface area contributed by atoms with E-state index in [0.717, 1.165) is 52.7 Å². The molecule has 1 aliphatic heterocycles. The molecule has 0 N–H and O–H groups in total. The number of aryl methyl sites for hydroxylation is 2. The van der Waals surface area contributed by atoms with Crippen molar-refractivity contribution in [3.63, 3.8) is 0 Å². The number of hydrogen-bond acceptors (Lipinski definition) is 2. The number of likely N-dealkylation sites (tertiary alicyclic amines) is 1. The van der Waals surface area contributed by atoms with E-state index in [0.29, 0.717) is 6.42 Å². The van der Waals surface area contributed by atoms with Gasteiger partial charge in [0, 0.05) is 17.6 Å². The van der Waals surface area contributed by atoms with Crippen LogP contribution < -0.4 is 0 Å². The summed E-state index contributed by atoms with van der Waals surface area (Å²) in [6, 6.07) is 14.6. The molecular formula is C23H23FN2O. The number of pyridine rings is 1. The molecule has 138 valence electrons. The number of amides is 1. The fourth-order valence-corrected chi connectivity index (χ4v) is 4.18. The van der Waals surface area contributed by atoms with E-state index in [-0.39, 0.29) is 17.8 Å². The molecule has 1 fully saturated rings. The Morgan fingerprint density at radius 3 is 2.67 bits per heavy atom. The second kappa shape index (κ2) is 7.10. The van der Waals surface area contributed by atoms with Crippen molar-refractivity contribution in [1.29, 1.82) is 0 Å². The number of hydrogen-bond donors (Lipinski definition) is 0. The highest BCUT2D eigenvalue weighted by Crippen LogP contribution is 2.33. The summed E-state index contributed by atoms with van der Waals surface area (Å²) in [6.45, 7) is 4.80. The van der Waals surface area contributed by atoms with Crippen molar-refractivity contribution in [2.45, 2.75) is 39.2 Å². The van der Waals surface area contributed by atoms with Crippen molar-refractivity contribution in [1.82, 2.24) is 9.88 Å². The Bertz CT molecular complexity index is 997. The Morgan fingerprint density at radius 1 is 1.15 bits per heavy atom. The Balaban J connectivity index is 1.62. The van der Waals surface area contributed by atoms with Crippen LogP contribution in [0.15, 0.2) is 48.5 Å². The molecule has 1 atom stereocenters. The van der Waals surface area contributed by atoms with Crippen molar-refractivity contribution in [3.8, 4) is 0 Å². The van der Waals surface area contributed by atoms with E-state index in [2.05, 4.69) is 13.0 Å². The third-order valence-corrected chi connectivity index (χ3v) is 5.64. The van der Waals surface area contributed by atoms with Gasteiger partial charge in [-0.15, -0.1) is 0 Å². The Morgan fingerprint density at radius 2 is 1.89 bits per heavy atom. The van der Waals surface area contributed by atoms with Gasteiger partial charge in [-0.25, -0.2) is 4.39 Å². The number of para-hydroxylation sites is 1. The highest BCUT2D eigenvalue weighted by atomic mass is 19.1. The lowest BCUT2D eigenvalue weighted by atomic mass is 9.98. The molecule has 0 aliphatic carbocycles. The third kappa shape index (κ3) is 3.32. The van der Waals surface area contributed by atoms with Crippen molar-refractivity contribution in [2.24, 2.45) is 0 Å². The fraction of sp³-hybridized carbons (Fsp3) is 0.304. The normalized spacial score (nSPS) is 16.9. The molecule has 1 amide bonds. The smallest absolute Gasteiger partial charge is 0.227 e. The molecule has 4 heteroatoms. The van der Waals surface area contributed by atoms with Gasteiger partial charge < -0.3 is 4.90 Å². The summed E-state index contributed by atoms with van der Waals surface area (Å²) in [4.78, 5) is 19.8. The van der Waals surface area contributed by atoms with Gasteiger partial charge in [0.1, 0.15) is 5.82 Å². The summed E-state index contributed by atoms with van der Waals surface area (Å²) >= 11 is 0. The van der Waals surface area contributed by atoms with Crippen molar-refractivity contribution in [3.05, 3.63) is 76.7 Å². The summed E-state index contributed by atoms with van der Waals surface area (Å²) in [5.74, 6) is -0.131. The van der Waals surface area contributed by atoms with E-state index in [4.69, 9.17) is 4.98 Å². The number of nitrogens with zero attached hydrogens (tertiary/aromatic N) is 2. The summed E-state index contributed by atoms with van der Waals surface area (Å²) in [5.41, 5.74) is 5.03. The maximum absolute atomic E-state index is 13.2. The fourth-order valence-electron chi connectivity index (χ4n) is 4.18. The van der Waals surface area contributed by atoms with E-state index in [9.17, 15) is 9.18 Å². The van der Waals surface area contributed by atoms with Gasteiger partial charge in [-0.3, -0.25) is 9.78 Å². The van der Waals surface area contributed by atoms with Gasteiger partial charge >= 0.3 is 0 Å². The standard InChI is InChI=1S/C23H23FN2O/c1-15-19-6-3-4-7-21(19)25-16(2)20(15)14-23(27)26-13-5-8-22(26)17-9-11-18(24)12-10-17/h3-4,6-7,9-12,22H,5,8,13-14H2,1-2H3. The number of carbonyl (C=O) groups is 1. The Labute approximate surface area is 158 Å². The molecule has 1 unspecified atom stereocenters. The quantitative estimate of drug-likeness (QED) is 0.664. The monoisotopic (exact) mass is 362 g/mol. The van der Waals surface area contributed by atoms with Gasteiger partial charge in [-0.2, -0.15) is 0 Å². The molecule has 3 aromatic rings. The van der Waals surface area contributed by atoms with Crippen LogP contribution in [-0.2, 0) is 11.2 Å². The first-order chi connectivity index (χ1) is 13.0. The molecule has 1 saturated heterocycles. The average molecular weight is 362 g/mol. The van der Waals surface area contributed by atoms with Crippen LogP contribution in [0.4, 0.5) is 4.39 Å². The maximum Gasteiger partial charge on any atom is 0.227 e. The van der Waals surface area contributed by atoms with Gasteiger partial charge in [-0.05, 0) is 61.6 Å². The van der Waals surface area contributed by atoms with Crippen LogP contribution in [0.1, 0.15) is 41.3 Å².